The lowest BCUT2D eigenvalue weighted by molar-refractivity contribution is -0.114. The molecule has 0 saturated carbocycles. The van der Waals surface area contributed by atoms with Crippen LogP contribution < -0.4 is 9.62 Å². The van der Waals surface area contributed by atoms with Crippen LogP contribution in [0.1, 0.15) is 15.9 Å². The van der Waals surface area contributed by atoms with Crippen LogP contribution in [0.3, 0.4) is 0 Å². The Labute approximate surface area is 157 Å². The van der Waals surface area contributed by atoms with Gasteiger partial charge in [-0.2, -0.15) is 5.26 Å². The molecule has 2 rings (SSSR count). The second-order valence-electron chi connectivity index (χ2n) is 5.52. The molecule has 0 aliphatic carbocycles. The minimum absolute atomic E-state index is 0.0182. The van der Waals surface area contributed by atoms with E-state index in [-0.39, 0.29) is 11.3 Å². The molecule has 2 aromatic carbocycles. The summed E-state index contributed by atoms with van der Waals surface area (Å²) in [6, 6.07) is 14.1. The molecule has 0 aliphatic heterocycles. The number of nitrogens with one attached hydrogen (secondary N) is 1. The van der Waals surface area contributed by atoms with Crippen molar-refractivity contribution in [3.05, 3.63) is 59.7 Å². The number of anilines is 2. The van der Waals surface area contributed by atoms with Crippen molar-refractivity contribution in [2.75, 3.05) is 29.5 Å². The zero-order chi connectivity index (χ0) is 20.0. The second-order valence-corrected chi connectivity index (χ2v) is 7.43. The lowest BCUT2D eigenvalue weighted by atomic mass is 10.2. The van der Waals surface area contributed by atoms with E-state index in [4.69, 9.17) is 5.26 Å². The number of esters is 1. The van der Waals surface area contributed by atoms with Crippen LogP contribution in [0.15, 0.2) is 48.5 Å². The molecule has 0 aliphatic rings. The van der Waals surface area contributed by atoms with Crippen molar-refractivity contribution >= 4 is 33.3 Å². The molecule has 0 heterocycles. The van der Waals surface area contributed by atoms with Crippen LogP contribution in [0.4, 0.5) is 11.4 Å². The third-order valence-corrected chi connectivity index (χ3v) is 4.67. The van der Waals surface area contributed by atoms with Crippen molar-refractivity contribution in [3.63, 3.8) is 0 Å². The number of nitrogens with zero attached hydrogens (tertiary/aromatic N) is 2. The number of hydrogen-bond donors (Lipinski definition) is 1. The maximum atomic E-state index is 12.4. The highest BCUT2D eigenvalue weighted by molar-refractivity contribution is 7.92. The van der Waals surface area contributed by atoms with Crippen LogP contribution in [0, 0.1) is 11.3 Å². The summed E-state index contributed by atoms with van der Waals surface area (Å²) in [4.78, 5) is 24.3. The number of methoxy groups -OCH3 is 1. The van der Waals surface area contributed by atoms with Crippen molar-refractivity contribution in [1.82, 2.24) is 0 Å². The zero-order valence-corrected chi connectivity index (χ0v) is 15.5. The van der Waals surface area contributed by atoms with Crippen molar-refractivity contribution < 1.29 is 22.7 Å². The Kier molecular flexibility index (Phi) is 6.15. The smallest absolute Gasteiger partial charge is 0.340 e. The fourth-order valence-electron chi connectivity index (χ4n) is 2.35. The number of carbonyl (C=O) groups is 2. The molecule has 9 heteroatoms. The topological polar surface area (TPSA) is 117 Å². The fraction of sp³-hybridized carbons (Fsp3) is 0.167. The quantitative estimate of drug-likeness (QED) is 0.755. The third kappa shape index (κ3) is 5.05. The van der Waals surface area contributed by atoms with Crippen LogP contribution >= 0.6 is 0 Å². The summed E-state index contributed by atoms with van der Waals surface area (Å²) < 4.78 is 30.0. The molecule has 2 aromatic rings. The van der Waals surface area contributed by atoms with Crippen LogP contribution in [0.2, 0.25) is 0 Å². The zero-order valence-electron chi connectivity index (χ0n) is 14.7. The number of nitriles is 1. The molecule has 0 spiro atoms. The predicted molar refractivity (Wildman–Crippen MR) is 99.8 cm³/mol. The van der Waals surface area contributed by atoms with Crippen LogP contribution in [-0.2, 0) is 19.6 Å². The van der Waals surface area contributed by atoms with Gasteiger partial charge in [0.15, 0.2) is 0 Å². The van der Waals surface area contributed by atoms with E-state index >= 15 is 0 Å². The van der Waals surface area contributed by atoms with E-state index in [1.54, 1.807) is 30.3 Å². The molecular weight excluding hydrogens is 370 g/mol. The van der Waals surface area contributed by atoms with Crippen molar-refractivity contribution in [2.24, 2.45) is 0 Å². The molecule has 27 heavy (non-hydrogen) atoms. The van der Waals surface area contributed by atoms with Gasteiger partial charge in [0, 0.05) is 5.69 Å². The molecule has 1 amide bonds. The summed E-state index contributed by atoms with van der Waals surface area (Å²) in [6.07, 6.45) is 0.935. The number of benzene rings is 2. The van der Waals surface area contributed by atoms with Crippen molar-refractivity contribution in [2.45, 2.75) is 0 Å². The Bertz CT molecular complexity index is 1010. The summed E-state index contributed by atoms with van der Waals surface area (Å²) in [5, 5.41) is 11.4. The van der Waals surface area contributed by atoms with Crippen molar-refractivity contribution in [3.8, 4) is 6.07 Å². The maximum Gasteiger partial charge on any atom is 0.340 e. The minimum atomic E-state index is -3.87. The average molecular weight is 387 g/mol. The van der Waals surface area contributed by atoms with E-state index in [2.05, 4.69) is 10.1 Å². The number of hydrogen-bond acceptors (Lipinski definition) is 6. The SMILES string of the molecule is COC(=O)c1ccccc1N(CC(=O)Nc1cccc(C#N)c1)S(C)(=O)=O. The average Bonchev–Trinajstić information content (AvgIpc) is 2.64. The molecule has 0 unspecified atom stereocenters. The second kappa shape index (κ2) is 8.33. The van der Waals surface area contributed by atoms with E-state index in [1.165, 1.54) is 25.3 Å². The first-order chi connectivity index (χ1) is 12.8. The van der Waals surface area contributed by atoms with Crippen LogP contribution in [-0.4, -0.2) is 40.2 Å². The van der Waals surface area contributed by atoms with Gasteiger partial charge in [0.2, 0.25) is 15.9 Å². The van der Waals surface area contributed by atoms with Gasteiger partial charge in [-0.25, -0.2) is 13.2 Å². The number of sulfonamides is 1. The Morgan fingerprint density at radius 1 is 1.19 bits per heavy atom. The van der Waals surface area contributed by atoms with Gasteiger partial charge in [-0.15, -0.1) is 0 Å². The Balaban J connectivity index is 2.33. The van der Waals surface area contributed by atoms with E-state index in [9.17, 15) is 18.0 Å². The fourth-order valence-corrected chi connectivity index (χ4v) is 3.22. The third-order valence-electron chi connectivity index (χ3n) is 3.54. The molecular formula is C18H17N3O5S. The monoisotopic (exact) mass is 387 g/mol. The molecule has 0 saturated heterocycles. The summed E-state index contributed by atoms with van der Waals surface area (Å²) in [5.41, 5.74) is 0.759. The molecule has 0 radical (unpaired) electrons. The first-order valence-corrected chi connectivity index (χ1v) is 9.56. The van der Waals surface area contributed by atoms with Crippen molar-refractivity contribution in [1.29, 1.82) is 5.26 Å². The van der Waals surface area contributed by atoms with Gasteiger partial charge in [-0.05, 0) is 30.3 Å². The van der Waals surface area contributed by atoms with Gasteiger partial charge in [0.1, 0.15) is 6.54 Å². The van der Waals surface area contributed by atoms with Gasteiger partial charge in [-0.3, -0.25) is 9.10 Å². The van der Waals surface area contributed by atoms with Crippen LogP contribution in [0.5, 0.6) is 0 Å². The number of para-hydroxylation sites is 1. The molecule has 0 bridgehead atoms. The normalized spacial score (nSPS) is 10.6. The highest BCUT2D eigenvalue weighted by Gasteiger charge is 2.25. The summed E-state index contributed by atoms with van der Waals surface area (Å²) >= 11 is 0. The first kappa shape index (κ1) is 19.9. The van der Waals surface area contributed by atoms with E-state index in [0.717, 1.165) is 10.6 Å². The number of carbonyl (C=O) groups excluding carboxylic acids is 2. The summed E-state index contributed by atoms with van der Waals surface area (Å²) in [6.45, 7) is -0.552. The van der Waals surface area contributed by atoms with Gasteiger partial charge < -0.3 is 10.1 Å². The van der Waals surface area contributed by atoms with E-state index < -0.39 is 28.4 Å². The van der Waals surface area contributed by atoms with E-state index in [0.29, 0.717) is 11.3 Å². The summed E-state index contributed by atoms with van der Waals surface area (Å²) in [5.74, 6) is -1.35. The van der Waals surface area contributed by atoms with Gasteiger partial charge in [0.05, 0.1) is 36.2 Å². The van der Waals surface area contributed by atoms with Crippen LogP contribution in [0.25, 0.3) is 0 Å². The molecule has 0 fully saturated rings. The lowest BCUT2D eigenvalue weighted by Crippen LogP contribution is -2.38. The maximum absolute atomic E-state index is 12.4. The Morgan fingerprint density at radius 2 is 1.89 bits per heavy atom. The Morgan fingerprint density at radius 3 is 2.52 bits per heavy atom. The van der Waals surface area contributed by atoms with E-state index in [1.807, 2.05) is 6.07 Å². The molecule has 0 atom stereocenters. The number of ether oxygens (including phenoxy) is 1. The molecule has 8 nitrogen and oxygen atoms in total. The van der Waals surface area contributed by atoms with Gasteiger partial charge in [0.25, 0.3) is 0 Å². The standard InChI is InChI=1S/C18H17N3O5S/c1-26-18(23)15-8-3-4-9-16(15)21(27(2,24)25)12-17(22)20-14-7-5-6-13(10-14)11-19/h3-10H,12H2,1-2H3,(H,20,22). The largest absolute Gasteiger partial charge is 0.465 e. The number of amides is 1. The first-order valence-electron chi connectivity index (χ1n) is 7.71. The summed E-state index contributed by atoms with van der Waals surface area (Å²) in [7, 11) is -2.69. The minimum Gasteiger partial charge on any atom is -0.465 e. The Hall–Kier alpha value is -3.38. The number of rotatable bonds is 6. The molecule has 0 aromatic heterocycles. The highest BCUT2D eigenvalue weighted by Crippen LogP contribution is 2.23. The lowest BCUT2D eigenvalue weighted by Gasteiger charge is -2.23. The van der Waals surface area contributed by atoms with Gasteiger partial charge >= 0.3 is 5.97 Å². The van der Waals surface area contributed by atoms with Gasteiger partial charge in [-0.1, -0.05) is 18.2 Å². The molecule has 1 N–H and O–H groups in total. The molecule has 140 valence electrons. The highest BCUT2D eigenvalue weighted by atomic mass is 32.2. The predicted octanol–water partition coefficient (Wildman–Crippen LogP) is 1.75.